The lowest BCUT2D eigenvalue weighted by Crippen LogP contribution is -2.61. The molecular formula is C73H124O12. The first-order chi connectivity index (χ1) is 41.6. The molecule has 1 fully saturated rings. The van der Waals surface area contributed by atoms with Crippen LogP contribution in [0.2, 0.25) is 0 Å². The second-order valence-corrected chi connectivity index (χ2v) is 23.4. The van der Waals surface area contributed by atoms with Gasteiger partial charge in [-0.25, -0.2) is 4.79 Å². The van der Waals surface area contributed by atoms with Gasteiger partial charge < -0.3 is 39.0 Å². The second kappa shape index (κ2) is 60.2. The molecule has 0 aromatic heterocycles. The van der Waals surface area contributed by atoms with Gasteiger partial charge in [0.15, 0.2) is 24.6 Å². The van der Waals surface area contributed by atoms with Crippen LogP contribution >= 0.6 is 0 Å². The van der Waals surface area contributed by atoms with Gasteiger partial charge in [0.25, 0.3) is 0 Å². The van der Waals surface area contributed by atoms with E-state index in [9.17, 15) is 34.5 Å². The number of aliphatic hydroxyl groups is 2. The minimum Gasteiger partial charge on any atom is -0.479 e. The van der Waals surface area contributed by atoms with Gasteiger partial charge in [0.1, 0.15) is 18.8 Å². The summed E-state index contributed by atoms with van der Waals surface area (Å²) in [5.74, 6) is -3.14. The van der Waals surface area contributed by atoms with E-state index in [2.05, 4.69) is 106 Å². The van der Waals surface area contributed by atoms with Gasteiger partial charge in [0.05, 0.1) is 6.61 Å². The molecule has 6 atom stereocenters. The van der Waals surface area contributed by atoms with Crippen molar-refractivity contribution in [3.63, 3.8) is 0 Å². The average Bonchev–Trinajstić information content (AvgIpc) is 3.51. The Hall–Kier alpha value is -4.10. The highest BCUT2D eigenvalue weighted by Crippen LogP contribution is 2.27. The molecule has 0 saturated carbocycles. The summed E-state index contributed by atoms with van der Waals surface area (Å²) in [7, 11) is 0. The fourth-order valence-corrected chi connectivity index (χ4v) is 10.2. The Morgan fingerprint density at radius 1 is 0.400 bits per heavy atom. The van der Waals surface area contributed by atoms with Crippen molar-refractivity contribution in [2.45, 2.75) is 340 Å². The smallest absolute Gasteiger partial charge is 0.335 e. The maximum absolute atomic E-state index is 13.2. The summed E-state index contributed by atoms with van der Waals surface area (Å²) in [4.78, 5) is 51.5. The number of unbranched alkanes of at least 4 members (excludes halogenated alkanes) is 31. The van der Waals surface area contributed by atoms with Crippen molar-refractivity contribution in [2.24, 2.45) is 0 Å². The summed E-state index contributed by atoms with van der Waals surface area (Å²) in [6.07, 6.45) is 66.7. The molecule has 1 saturated heterocycles. The Morgan fingerprint density at radius 3 is 1.15 bits per heavy atom. The molecule has 0 spiro atoms. The van der Waals surface area contributed by atoms with Crippen LogP contribution in [0.5, 0.6) is 0 Å². The minimum absolute atomic E-state index is 0.0432. The van der Waals surface area contributed by atoms with Crippen LogP contribution in [0, 0.1) is 0 Å². The topological polar surface area (TPSA) is 175 Å². The number of allylic oxidation sites excluding steroid dienone is 14. The number of aliphatic hydroxyl groups excluding tert-OH is 2. The average molecular weight is 1190 g/mol. The monoisotopic (exact) mass is 1190 g/mol. The zero-order chi connectivity index (χ0) is 61.7. The van der Waals surface area contributed by atoms with Crippen molar-refractivity contribution in [3.8, 4) is 0 Å². The molecule has 12 nitrogen and oxygen atoms in total. The summed E-state index contributed by atoms with van der Waals surface area (Å²) >= 11 is 0. The first-order valence-electron chi connectivity index (χ1n) is 34.6. The van der Waals surface area contributed by atoms with E-state index in [0.29, 0.717) is 19.3 Å². The number of carboxylic acids is 1. The van der Waals surface area contributed by atoms with Crippen molar-refractivity contribution < 1.29 is 58.2 Å². The van der Waals surface area contributed by atoms with Crippen LogP contribution in [0.15, 0.2) is 85.1 Å². The van der Waals surface area contributed by atoms with Gasteiger partial charge in [0.2, 0.25) is 0 Å². The molecule has 6 unspecified atom stereocenters. The Morgan fingerprint density at radius 2 is 0.741 bits per heavy atom. The Balaban J connectivity index is 2.65. The third kappa shape index (κ3) is 49.6. The number of carbonyl (C=O) groups excluding carboxylic acids is 3. The van der Waals surface area contributed by atoms with Crippen molar-refractivity contribution >= 4 is 23.9 Å². The van der Waals surface area contributed by atoms with Crippen LogP contribution < -0.4 is 0 Å². The standard InChI is InChI=1S/C73H124O12/c1-4-7-10-13-16-19-22-25-28-31-33-36-38-41-44-47-50-53-56-59-65(74)81-62-64(83-66(75)60-57-54-51-48-45-42-39-35-30-27-24-21-18-15-12-9-6-3)63-82-73-71(69(78)68(77)70(85-73)72(79)80)84-67(76)61-58-55-52-49-46-43-40-37-34-32-29-26-23-20-17-14-11-8-5-2/h7,10,16-17,19-20,25-26,28-29,33-34,36-37,64,68-71,73,77-78H,4-6,8-9,11-15,18,21-24,27,30-32,35,38-63H2,1-3H3,(H,79,80)/b10-7-,19-16-,20-17-,28-25-,29-26-,36-33-,37-34-. The Bertz CT molecular complexity index is 1800. The predicted octanol–water partition coefficient (Wildman–Crippen LogP) is 19.0. The van der Waals surface area contributed by atoms with E-state index in [4.69, 9.17) is 23.7 Å². The zero-order valence-electron chi connectivity index (χ0n) is 54.1. The minimum atomic E-state index is -1.91. The first-order valence-corrected chi connectivity index (χ1v) is 34.6. The SMILES string of the molecule is CC/C=C\C/C=C\C/C=C\C/C=C\CCCCCCCCC(=O)OCC(COC1OC(C(=O)O)C(O)C(O)C1OC(=O)CCCCCCCC/C=C\C/C=C\C/C=C\CCCCC)OC(=O)CCCCCCCCCCCCCCCCCCC. The normalized spacial score (nSPS) is 18.0. The second-order valence-electron chi connectivity index (χ2n) is 23.4. The van der Waals surface area contributed by atoms with Crippen molar-refractivity contribution in [2.75, 3.05) is 13.2 Å². The molecule has 0 aliphatic carbocycles. The molecule has 1 aliphatic rings. The van der Waals surface area contributed by atoms with Gasteiger partial charge in [-0.2, -0.15) is 0 Å². The van der Waals surface area contributed by atoms with Gasteiger partial charge in [-0.05, 0) is 96.3 Å². The summed E-state index contributed by atoms with van der Waals surface area (Å²) in [5.41, 5.74) is 0. The molecule has 12 heteroatoms. The van der Waals surface area contributed by atoms with Crippen LogP contribution in [0.25, 0.3) is 0 Å². The Labute approximate surface area is 518 Å². The van der Waals surface area contributed by atoms with Gasteiger partial charge in [-0.15, -0.1) is 0 Å². The van der Waals surface area contributed by atoms with E-state index >= 15 is 0 Å². The predicted molar refractivity (Wildman–Crippen MR) is 349 cm³/mol. The molecule has 1 aliphatic heterocycles. The van der Waals surface area contributed by atoms with Crippen LogP contribution in [-0.4, -0.2) is 89.2 Å². The molecule has 0 aromatic carbocycles. The lowest BCUT2D eigenvalue weighted by atomic mass is 9.98. The molecule has 3 N–H and O–H groups in total. The number of ether oxygens (including phenoxy) is 5. The molecule has 0 bridgehead atoms. The molecule has 0 radical (unpaired) electrons. The number of carbonyl (C=O) groups is 4. The third-order valence-electron chi connectivity index (χ3n) is 15.5. The zero-order valence-corrected chi connectivity index (χ0v) is 54.1. The van der Waals surface area contributed by atoms with Crippen LogP contribution in [0.3, 0.4) is 0 Å². The Kier molecular flexibility index (Phi) is 55.9. The molecule has 488 valence electrons. The van der Waals surface area contributed by atoms with Crippen molar-refractivity contribution in [1.82, 2.24) is 0 Å². The first kappa shape index (κ1) is 78.9. The number of hydrogen-bond donors (Lipinski definition) is 3. The number of esters is 3. The van der Waals surface area contributed by atoms with Crippen molar-refractivity contribution in [1.29, 1.82) is 0 Å². The summed E-state index contributed by atoms with van der Waals surface area (Å²) < 4.78 is 28.6. The lowest BCUT2D eigenvalue weighted by Gasteiger charge is -2.40. The summed E-state index contributed by atoms with van der Waals surface area (Å²) in [6.45, 7) is 5.89. The summed E-state index contributed by atoms with van der Waals surface area (Å²) in [5, 5.41) is 31.7. The van der Waals surface area contributed by atoms with E-state index in [1.54, 1.807) is 0 Å². The van der Waals surface area contributed by atoms with Gasteiger partial charge in [-0.1, -0.05) is 273 Å². The van der Waals surface area contributed by atoms with Crippen molar-refractivity contribution in [3.05, 3.63) is 85.1 Å². The number of carboxylic acid groups (broad SMARTS) is 1. The summed E-state index contributed by atoms with van der Waals surface area (Å²) in [6, 6.07) is 0. The van der Waals surface area contributed by atoms with E-state index in [1.807, 2.05) is 0 Å². The molecular weight excluding hydrogens is 1070 g/mol. The van der Waals surface area contributed by atoms with Gasteiger partial charge >= 0.3 is 23.9 Å². The third-order valence-corrected chi connectivity index (χ3v) is 15.5. The number of aliphatic carboxylic acids is 1. The van der Waals surface area contributed by atoms with E-state index in [1.165, 1.54) is 109 Å². The van der Waals surface area contributed by atoms with E-state index < -0.39 is 67.3 Å². The fourth-order valence-electron chi connectivity index (χ4n) is 10.2. The molecule has 85 heavy (non-hydrogen) atoms. The van der Waals surface area contributed by atoms with Gasteiger partial charge in [-0.3, -0.25) is 14.4 Å². The number of hydrogen-bond acceptors (Lipinski definition) is 11. The maximum Gasteiger partial charge on any atom is 0.335 e. The largest absolute Gasteiger partial charge is 0.479 e. The quantitative estimate of drug-likeness (QED) is 0.0228. The highest BCUT2D eigenvalue weighted by atomic mass is 16.7. The number of rotatable bonds is 59. The van der Waals surface area contributed by atoms with Crippen LogP contribution in [-0.2, 0) is 42.9 Å². The highest BCUT2D eigenvalue weighted by Gasteiger charge is 2.50. The molecule has 0 amide bonds. The molecule has 1 heterocycles. The lowest BCUT2D eigenvalue weighted by molar-refractivity contribution is -0.301. The van der Waals surface area contributed by atoms with Gasteiger partial charge in [0, 0.05) is 19.3 Å². The fraction of sp³-hybridized carbons (Fsp3) is 0.753. The molecule has 1 rings (SSSR count). The van der Waals surface area contributed by atoms with Crippen LogP contribution in [0.4, 0.5) is 0 Å². The van der Waals surface area contributed by atoms with Crippen LogP contribution in [0.1, 0.15) is 303 Å². The van der Waals surface area contributed by atoms with E-state index in [-0.39, 0.29) is 25.9 Å². The van der Waals surface area contributed by atoms with E-state index in [0.717, 1.165) is 135 Å². The highest BCUT2D eigenvalue weighted by molar-refractivity contribution is 5.74. The molecule has 0 aromatic rings. The maximum atomic E-state index is 13.2.